The highest BCUT2D eigenvalue weighted by Gasteiger charge is 2.08. The number of hydrogen-bond acceptors (Lipinski definition) is 3. The molecule has 28 heavy (non-hydrogen) atoms. The highest BCUT2D eigenvalue weighted by Crippen LogP contribution is 2.14. The number of amides is 2. The molecule has 1 heterocycles. The zero-order chi connectivity index (χ0) is 19.9. The van der Waals surface area contributed by atoms with E-state index in [2.05, 4.69) is 15.6 Å². The molecule has 5 nitrogen and oxygen atoms in total. The van der Waals surface area contributed by atoms with E-state index in [9.17, 15) is 9.59 Å². The van der Waals surface area contributed by atoms with Gasteiger partial charge in [0.05, 0.1) is 12.8 Å². The molecule has 0 aliphatic carbocycles. The number of carbonyl (C=O) groups excluding carboxylic acids is 2. The first-order valence-corrected chi connectivity index (χ1v) is 9.29. The summed E-state index contributed by atoms with van der Waals surface area (Å²) in [6.07, 6.45) is 0.401. The SMILES string of the molecule is O=C(Cc1ccc(Cl)cc1)Nc1cccc(NC(=O)Cc2ccc(Cl)cc2)n1. The van der Waals surface area contributed by atoms with Gasteiger partial charge >= 0.3 is 0 Å². The Kier molecular flexibility index (Phi) is 6.63. The van der Waals surface area contributed by atoms with Crippen molar-refractivity contribution in [1.29, 1.82) is 0 Å². The summed E-state index contributed by atoms with van der Waals surface area (Å²) in [5, 5.41) is 6.69. The molecule has 0 bridgehead atoms. The van der Waals surface area contributed by atoms with Gasteiger partial charge in [0.1, 0.15) is 11.6 Å². The van der Waals surface area contributed by atoms with Crippen LogP contribution in [0.5, 0.6) is 0 Å². The van der Waals surface area contributed by atoms with E-state index in [0.29, 0.717) is 21.7 Å². The van der Waals surface area contributed by atoms with E-state index in [1.165, 1.54) is 0 Å². The lowest BCUT2D eigenvalue weighted by atomic mass is 10.1. The average molecular weight is 414 g/mol. The minimum Gasteiger partial charge on any atom is -0.310 e. The number of hydrogen-bond donors (Lipinski definition) is 2. The largest absolute Gasteiger partial charge is 0.310 e. The molecule has 2 N–H and O–H groups in total. The fraction of sp³-hybridized carbons (Fsp3) is 0.0952. The molecule has 3 aromatic rings. The number of pyridine rings is 1. The van der Waals surface area contributed by atoms with E-state index in [-0.39, 0.29) is 24.7 Å². The number of anilines is 2. The second-order valence-corrected chi connectivity index (χ2v) is 6.98. The van der Waals surface area contributed by atoms with Crippen molar-refractivity contribution in [1.82, 2.24) is 4.98 Å². The maximum Gasteiger partial charge on any atom is 0.229 e. The zero-order valence-corrected chi connectivity index (χ0v) is 16.3. The Bertz CT molecular complexity index is 897. The minimum atomic E-state index is -0.209. The van der Waals surface area contributed by atoms with Crippen molar-refractivity contribution in [2.75, 3.05) is 10.6 Å². The van der Waals surface area contributed by atoms with Crippen LogP contribution in [0.2, 0.25) is 10.0 Å². The predicted molar refractivity (Wildman–Crippen MR) is 112 cm³/mol. The predicted octanol–water partition coefficient (Wildman–Crippen LogP) is 4.75. The number of benzene rings is 2. The van der Waals surface area contributed by atoms with Crippen molar-refractivity contribution in [3.8, 4) is 0 Å². The molecule has 3 rings (SSSR count). The van der Waals surface area contributed by atoms with Crippen LogP contribution in [0.4, 0.5) is 11.6 Å². The summed E-state index contributed by atoms with van der Waals surface area (Å²) < 4.78 is 0. The van der Waals surface area contributed by atoms with Crippen LogP contribution in [-0.2, 0) is 22.4 Å². The molecule has 0 aliphatic heterocycles. The van der Waals surface area contributed by atoms with Crippen LogP contribution in [0.3, 0.4) is 0 Å². The molecule has 2 amide bonds. The third kappa shape index (κ3) is 6.08. The first-order chi connectivity index (χ1) is 13.5. The molecule has 0 radical (unpaired) electrons. The zero-order valence-electron chi connectivity index (χ0n) is 14.8. The van der Waals surface area contributed by atoms with Gasteiger partial charge in [-0.05, 0) is 47.5 Å². The van der Waals surface area contributed by atoms with Crippen LogP contribution in [0, 0.1) is 0 Å². The van der Waals surface area contributed by atoms with E-state index >= 15 is 0 Å². The molecule has 0 unspecified atom stereocenters. The third-order valence-corrected chi connectivity index (χ3v) is 4.34. The minimum absolute atomic E-state index is 0.200. The Hall–Kier alpha value is -2.89. The van der Waals surface area contributed by atoms with Gasteiger partial charge in [-0.15, -0.1) is 0 Å². The molecule has 0 spiro atoms. The quantitative estimate of drug-likeness (QED) is 0.612. The number of rotatable bonds is 6. The van der Waals surface area contributed by atoms with E-state index in [0.717, 1.165) is 11.1 Å². The van der Waals surface area contributed by atoms with Crippen LogP contribution in [0.15, 0.2) is 66.7 Å². The summed E-state index contributed by atoms with van der Waals surface area (Å²) in [5.74, 6) is 0.311. The van der Waals surface area contributed by atoms with Gasteiger partial charge in [-0.25, -0.2) is 4.98 Å². The lowest BCUT2D eigenvalue weighted by Gasteiger charge is -2.08. The summed E-state index contributed by atoms with van der Waals surface area (Å²) in [7, 11) is 0. The summed E-state index contributed by atoms with van der Waals surface area (Å²) in [6.45, 7) is 0. The van der Waals surface area contributed by atoms with Crippen molar-refractivity contribution in [2.24, 2.45) is 0 Å². The van der Waals surface area contributed by atoms with Crippen molar-refractivity contribution < 1.29 is 9.59 Å². The van der Waals surface area contributed by atoms with Gasteiger partial charge in [-0.2, -0.15) is 0 Å². The molecule has 0 fully saturated rings. The van der Waals surface area contributed by atoms with Crippen LogP contribution in [0.1, 0.15) is 11.1 Å². The van der Waals surface area contributed by atoms with Gasteiger partial charge in [0.25, 0.3) is 0 Å². The van der Waals surface area contributed by atoms with Crippen molar-refractivity contribution in [2.45, 2.75) is 12.8 Å². The number of nitrogens with zero attached hydrogens (tertiary/aromatic N) is 1. The smallest absolute Gasteiger partial charge is 0.229 e. The molecule has 0 aliphatic rings. The molecule has 0 saturated carbocycles. The van der Waals surface area contributed by atoms with Crippen LogP contribution >= 0.6 is 23.2 Å². The second-order valence-electron chi connectivity index (χ2n) is 6.11. The van der Waals surface area contributed by atoms with E-state index in [1.54, 1.807) is 66.7 Å². The van der Waals surface area contributed by atoms with Gasteiger partial charge < -0.3 is 10.6 Å². The molecule has 0 atom stereocenters. The number of halogens is 2. The number of nitrogens with one attached hydrogen (secondary N) is 2. The molecular formula is C21H17Cl2N3O2. The second kappa shape index (κ2) is 9.35. The van der Waals surface area contributed by atoms with Gasteiger partial charge in [0, 0.05) is 10.0 Å². The first-order valence-electron chi connectivity index (χ1n) is 8.53. The monoisotopic (exact) mass is 413 g/mol. The van der Waals surface area contributed by atoms with Crippen LogP contribution < -0.4 is 10.6 Å². The highest BCUT2D eigenvalue weighted by atomic mass is 35.5. The van der Waals surface area contributed by atoms with Crippen molar-refractivity contribution in [3.63, 3.8) is 0 Å². The summed E-state index contributed by atoms with van der Waals surface area (Å²) in [4.78, 5) is 28.6. The first kappa shape index (κ1) is 19.9. The van der Waals surface area contributed by atoms with Crippen LogP contribution in [-0.4, -0.2) is 16.8 Å². The van der Waals surface area contributed by atoms with Crippen molar-refractivity contribution >= 4 is 46.7 Å². The van der Waals surface area contributed by atoms with E-state index in [4.69, 9.17) is 23.2 Å². The fourth-order valence-corrected chi connectivity index (χ4v) is 2.78. The lowest BCUT2D eigenvalue weighted by Crippen LogP contribution is -2.18. The van der Waals surface area contributed by atoms with Gasteiger partial charge in [-0.1, -0.05) is 53.5 Å². The van der Waals surface area contributed by atoms with Crippen LogP contribution in [0.25, 0.3) is 0 Å². The number of carbonyl (C=O) groups is 2. The molecule has 0 saturated heterocycles. The number of aromatic nitrogens is 1. The van der Waals surface area contributed by atoms with Gasteiger partial charge in [0.2, 0.25) is 11.8 Å². The average Bonchev–Trinajstić information content (AvgIpc) is 2.66. The maximum atomic E-state index is 12.2. The third-order valence-electron chi connectivity index (χ3n) is 3.84. The fourth-order valence-electron chi connectivity index (χ4n) is 2.52. The van der Waals surface area contributed by atoms with Crippen molar-refractivity contribution in [3.05, 3.63) is 87.9 Å². The maximum absolute atomic E-state index is 12.2. The summed E-state index contributed by atoms with van der Waals surface area (Å²) >= 11 is 11.7. The Labute approximate surface area is 172 Å². The van der Waals surface area contributed by atoms with E-state index < -0.39 is 0 Å². The summed E-state index contributed by atoms with van der Waals surface area (Å²) in [5.41, 5.74) is 1.68. The molecule has 142 valence electrons. The normalized spacial score (nSPS) is 10.4. The van der Waals surface area contributed by atoms with E-state index in [1.807, 2.05) is 0 Å². The Balaban J connectivity index is 1.57. The molecule has 2 aromatic carbocycles. The highest BCUT2D eigenvalue weighted by molar-refractivity contribution is 6.30. The molecule has 1 aromatic heterocycles. The standard InChI is InChI=1S/C21H17Cl2N3O2/c22-16-8-4-14(5-9-16)12-20(27)25-18-2-1-3-19(24-18)26-21(28)13-15-6-10-17(23)11-7-15/h1-11H,12-13H2,(H2,24,25,26,27,28). The Morgan fingerprint density at radius 3 is 1.46 bits per heavy atom. The van der Waals surface area contributed by atoms with Gasteiger partial charge in [-0.3, -0.25) is 9.59 Å². The summed E-state index contributed by atoms with van der Waals surface area (Å²) in [6, 6.07) is 19.2. The molecular weight excluding hydrogens is 397 g/mol. The lowest BCUT2D eigenvalue weighted by molar-refractivity contribution is -0.116. The topological polar surface area (TPSA) is 71.1 Å². The Morgan fingerprint density at radius 1 is 0.679 bits per heavy atom. The Morgan fingerprint density at radius 2 is 1.07 bits per heavy atom. The molecule has 7 heteroatoms. The van der Waals surface area contributed by atoms with Gasteiger partial charge in [0.15, 0.2) is 0 Å².